The molecule has 4 rings (SSSR count). The van der Waals surface area contributed by atoms with E-state index in [1.807, 2.05) is 60.4 Å². The zero-order valence-corrected chi connectivity index (χ0v) is 15.5. The largest absolute Gasteiger partial charge is 0.378 e. The SMILES string of the molecule is CCOC1CCN(C(=O)c2cc(-c3ccccn3)nc3ccccc23)CC1. The number of aromatic nitrogens is 2. The lowest BCUT2D eigenvalue weighted by Gasteiger charge is -2.32. The second-order valence-corrected chi connectivity index (χ2v) is 6.73. The molecule has 0 spiro atoms. The monoisotopic (exact) mass is 361 g/mol. The van der Waals surface area contributed by atoms with Crippen LogP contribution in [0.5, 0.6) is 0 Å². The Hall–Kier alpha value is -2.79. The Kier molecular flexibility index (Phi) is 5.12. The molecule has 1 aliphatic heterocycles. The van der Waals surface area contributed by atoms with Crippen LogP contribution in [0.4, 0.5) is 0 Å². The van der Waals surface area contributed by atoms with Crippen LogP contribution >= 0.6 is 0 Å². The normalized spacial score (nSPS) is 15.2. The summed E-state index contributed by atoms with van der Waals surface area (Å²) in [5.41, 5.74) is 3.00. The summed E-state index contributed by atoms with van der Waals surface area (Å²) < 4.78 is 5.71. The molecule has 2 aromatic heterocycles. The predicted octanol–water partition coefficient (Wildman–Crippen LogP) is 3.94. The van der Waals surface area contributed by atoms with Crippen LogP contribution in [0, 0.1) is 0 Å². The Bertz CT molecular complexity index is 935. The highest BCUT2D eigenvalue weighted by atomic mass is 16.5. The van der Waals surface area contributed by atoms with E-state index in [1.54, 1.807) is 6.20 Å². The number of likely N-dealkylation sites (tertiary alicyclic amines) is 1. The van der Waals surface area contributed by atoms with Crippen molar-refractivity contribution in [2.45, 2.75) is 25.9 Å². The van der Waals surface area contributed by atoms with Crippen LogP contribution in [0.15, 0.2) is 54.7 Å². The quantitative estimate of drug-likeness (QED) is 0.706. The molecular weight excluding hydrogens is 338 g/mol. The molecule has 0 aliphatic carbocycles. The van der Waals surface area contributed by atoms with Gasteiger partial charge in [-0.15, -0.1) is 0 Å². The molecule has 1 aromatic carbocycles. The standard InChI is InChI=1S/C22H23N3O2/c1-2-27-16-10-13-25(14-11-16)22(26)18-15-21(20-9-5-6-12-23-20)24-19-8-4-3-7-17(18)19/h3-9,12,15-16H,2,10-11,13-14H2,1H3. The number of ether oxygens (including phenoxy) is 1. The second kappa shape index (κ2) is 7.84. The molecule has 0 bridgehead atoms. The number of nitrogens with zero attached hydrogens (tertiary/aromatic N) is 3. The van der Waals surface area contributed by atoms with Gasteiger partial charge >= 0.3 is 0 Å². The highest BCUT2D eigenvalue weighted by Gasteiger charge is 2.25. The summed E-state index contributed by atoms with van der Waals surface area (Å²) in [6.07, 6.45) is 3.77. The van der Waals surface area contributed by atoms with E-state index in [9.17, 15) is 4.79 Å². The van der Waals surface area contributed by atoms with Crippen molar-refractivity contribution in [1.82, 2.24) is 14.9 Å². The van der Waals surface area contributed by atoms with E-state index in [4.69, 9.17) is 9.72 Å². The number of para-hydroxylation sites is 1. The fraction of sp³-hybridized carbons (Fsp3) is 0.318. The minimum atomic E-state index is 0.0562. The number of carbonyl (C=O) groups excluding carboxylic acids is 1. The Balaban J connectivity index is 1.69. The highest BCUT2D eigenvalue weighted by molar-refractivity contribution is 6.07. The molecule has 138 valence electrons. The van der Waals surface area contributed by atoms with E-state index in [1.165, 1.54) is 0 Å². The number of carbonyl (C=O) groups is 1. The number of hydrogen-bond acceptors (Lipinski definition) is 4. The third kappa shape index (κ3) is 3.69. The van der Waals surface area contributed by atoms with Gasteiger partial charge in [-0.2, -0.15) is 0 Å². The summed E-state index contributed by atoms with van der Waals surface area (Å²) in [5.74, 6) is 0.0562. The number of benzene rings is 1. The molecule has 1 fully saturated rings. The van der Waals surface area contributed by atoms with Crippen LogP contribution in [0.25, 0.3) is 22.3 Å². The van der Waals surface area contributed by atoms with Crippen LogP contribution in [0.1, 0.15) is 30.1 Å². The maximum absolute atomic E-state index is 13.3. The topological polar surface area (TPSA) is 55.3 Å². The summed E-state index contributed by atoms with van der Waals surface area (Å²) in [6.45, 7) is 4.18. The van der Waals surface area contributed by atoms with Gasteiger partial charge in [-0.1, -0.05) is 24.3 Å². The number of pyridine rings is 2. The first-order valence-corrected chi connectivity index (χ1v) is 9.48. The molecule has 1 amide bonds. The van der Waals surface area contributed by atoms with Gasteiger partial charge in [0.25, 0.3) is 5.91 Å². The van der Waals surface area contributed by atoms with E-state index in [0.717, 1.165) is 54.8 Å². The van der Waals surface area contributed by atoms with Gasteiger partial charge in [-0.25, -0.2) is 4.98 Å². The average Bonchev–Trinajstić information content (AvgIpc) is 2.74. The fourth-order valence-corrected chi connectivity index (χ4v) is 3.63. The molecule has 5 heteroatoms. The predicted molar refractivity (Wildman–Crippen MR) is 106 cm³/mol. The molecular formula is C22H23N3O2. The maximum Gasteiger partial charge on any atom is 0.254 e. The second-order valence-electron chi connectivity index (χ2n) is 6.73. The maximum atomic E-state index is 13.3. The zero-order valence-electron chi connectivity index (χ0n) is 15.5. The Morgan fingerprint density at radius 3 is 2.63 bits per heavy atom. The third-order valence-corrected chi connectivity index (χ3v) is 5.01. The summed E-state index contributed by atoms with van der Waals surface area (Å²) in [5, 5.41) is 0.883. The van der Waals surface area contributed by atoms with Crippen molar-refractivity contribution >= 4 is 16.8 Å². The summed E-state index contributed by atoms with van der Waals surface area (Å²) >= 11 is 0. The number of hydrogen-bond donors (Lipinski definition) is 0. The Morgan fingerprint density at radius 1 is 1.11 bits per heavy atom. The van der Waals surface area contributed by atoms with Crippen molar-refractivity contribution in [3.8, 4) is 11.4 Å². The first-order valence-electron chi connectivity index (χ1n) is 9.48. The van der Waals surface area contributed by atoms with E-state index >= 15 is 0 Å². The van der Waals surface area contributed by atoms with Crippen molar-refractivity contribution in [3.05, 3.63) is 60.3 Å². The third-order valence-electron chi connectivity index (χ3n) is 5.01. The minimum absolute atomic E-state index is 0.0562. The van der Waals surface area contributed by atoms with E-state index in [-0.39, 0.29) is 12.0 Å². The van der Waals surface area contributed by atoms with E-state index < -0.39 is 0 Å². The van der Waals surface area contributed by atoms with Crippen LogP contribution in [0.2, 0.25) is 0 Å². The van der Waals surface area contributed by atoms with Crippen molar-refractivity contribution in [2.24, 2.45) is 0 Å². The molecule has 3 aromatic rings. The number of fused-ring (bicyclic) bond motifs is 1. The number of piperidine rings is 1. The molecule has 0 radical (unpaired) electrons. The van der Waals surface area contributed by atoms with Gasteiger partial charge in [-0.3, -0.25) is 9.78 Å². The van der Waals surface area contributed by atoms with Crippen molar-refractivity contribution in [1.29, 1.82) is 0 Å². The Labute approximate surface area is 159 Å². The van der Waals surface area contributed by atoms with Crippen LogP contribution in [-0.4, -0.2) is 46.6 Å². The minimum Gasteiger partial charge on any atom is -0.378 e. The van der Waals surface area contributed by atoms with E-state index in [2.05, 4.69) is 4.98 Å². The zero-order chi connectivity index (χ0) is 18.6. The fourth-order valence-electron chi connectivity index (χ4n) is 3.63. The first kappa shape index (κ1) is 17.6. The smallest absolute Gasteiger partial charge is 0.254 e. The molecule has 0 unspecified atom stereocenters. The molecule has 27 heavy (non-hydrogen) atoms. The van der Waals surface area contributed by atoms with Gasteiger partial charge in [0.2, 0.25) is 0 Å². The lowest BCUT2D eigenvalue weighted by atomic mass is 10.0. The average molecular weight is 361 g/mol. The van der Waals surface area contributed by atoms with Gasteiger partial charge in [0.1, 0.15) is 0 Å². The Morgan fingerprint density at radius 2 is 1.89 bits per heavy atom. The van der Waals surface area contributed by atoms with Gasteiger partial charge in [-0.05, 0) is 44.0 Å². The summed E-state index contributed by atoms with van der Waals surface area (Å²) in [6, 6.07) is 15.4. The van der Waals surface area contributed by atoms with Crippen molar-refractivity contribution in [3.63, 3.8) is 0 Å². The molecule has 5 nitrogen and oxygen atoms in total. The van der Waals surface area contributed by atoms with E-state index in [0.29, 0.717) is 5.56 Å². The van der Waals surface area contributed by atoms with Crippen LogP contribution in [0.3, 0.4) is 0 Å². The number of rotatable bonds is 4. The number of amides is 1. The van der Waals surface area contributed by atoms with Crippen molar-refractivity contribution < 1.29 is 9.53 Å². The molecule has 3 heterocycles. The van der Waals surface area contributed by atoms with Gasteiger partial charge in [0, 0.05) is 31.3 Å². The van der Waals surface area contributed by atoms with Gasteiger partial charge in [0.15, 0.2) is 0 Å². The summed E-state index contributed by atoms with van der Waals surface area (Å²) in [4.78, 5) is 24.3. The van der Waals surface area contributed by atoms with Gasteiger partial charge < -0.3 is 9.64 Å². The first-order chi connectivity index (χ1) is 13.3. The molecule has 0 saturated carbocycles. The highest BCUT2D eigenvalue weighted by Crippen LogP contribution is 2.26. The summed E-state index contributed by atoms with van der Waals surface area (Å²) in [7, 11) is 0. The van der Waals surface area contributed by atoms with Gasteiger partial charge in [0.05, 0.1) is 28.6 Å². The van der Waals surface area contributed by atoms with Crippen molar-refractivity contribution in [2.75, 3.05) is 19.7 Å². The lowest BCUT2D eigenvalue weighted by Crippen LogP contribution is -2.41. The molecule has 1 aliphatic rings. The molecule has 0 atom stereocenters. The molecule has 1 saturated heterocycles. The van der Waals surface area contributed by atoms with Crippen LogP contribution < -0.4 is 0 Å². The molecule has 0 N–H and O–H groups in total. The lowest BCUT2D eigenvalue weighted by molar-refractivity contribution is 0.0146. The van der Waals surface area contributed by atoms with Crippen LogP contribution in [-0.2, 0) is 4.74 Å².